The lowest BCUT2D eigenvalue weighted by molar-refractivity contribution is -0.119. The first-order valence-corrected chi connectivity index (χ1v) is 9.56. The van der Waals surface area contributed by atoms with Gasteiger partial charge in [0.15, 0.2) is 11.5 Å². The Labute approximate surface area is 176 Å². The Morgan fingerprint density at radius 1 is 1.13 bits per heavy atom. The molecular weight excluding hydrogens is 413 g/mol. The number of rotatable bonds is 4. The van der Waals surface area contributed by atoms with Gasteiger partial charge in [0.1, 0.15) is 25.1 Å². The summed E-state index contributed by atoms with van der Waals surface area (Å²) < 4.78 is 25.5. The Bertz CT molecular complexity index is 1180. The summed E-state index contributed by atoms with van der Waals surface area (Å²) >= 11 is 5.75. The van der Waals surface area contributed by atoms with Crippen LogP contribution in [0.1, 0.15) is 13.0 Å². The summed E-state index contributed by atoms with van der Waals surface area (Å²) in [7, 11) is 0. The highest BCUT2D eigenvalue weighted by Crippen LogP contribution is 2.33. The third-order valence-electron chi connectivity index (χ3n) is 4.60. The van der Waals surface area contributed by atoms with Gasteiger partial charge in [-0.15, -0.1) is 0 Å². The Morgan fingerprint density at radius 3 is 2.67 bits per heavy atom. The first-order chi connectivity index (χ1) is 14.4. The molecule has 1 atom stereocenters. The number of aromatic nitrogens is 2. The SMILES string of the molecule is C[C@@H](C(=O)Nc1ccc(F)c(Cl)c1)n1nc(-c2ccc3c(c2)OCCO3)ccc1=O. The van der Waals surface area contributed by atoms with Crippen molar-refractivity contribution in [3.05, 3.63) is 69.7 Å². The van der Waals surface area contributed by atoms with E-state index in [1.54, 1.807) is 31.2 Å². The summed E-state index contributed by atoms with van der Waals surface area (Å²) in [6.07, 6.45) is 0. The monoisotopic (exact) mass is 429 g/mol. The number of fused-ring (bicyclic) bond motifs is 1. The highest BCUT2D eigenvalue weighted by atomic mass is 35.5. The predicted molar refractivity (Wildman–Crippen MR) is 110 cm³/mol. The molecule has 0 bridgehead atoms. The molecule has 3 aromatic rings. The molecule has 2 heterocycles. The van der Waals surface area contributed by atoms with Crippen LogP contribution in [-0.4, -0.2) is 28.9 Å². The molecule has 0 saturated carbocycles. The second-order valence-electron chi connectivity index (χ2n) is 6.65. The Balaban J connectivity index is 1.60. The van der Waals surface area contributed by atoms with Crippen LogP contribution in [0, 0.1) is 5.82 Å². The minimum Gasteiger partial charge on any atom is -0.486 e. The molecule has 0 fully saturated rings. The number of hydrogen-bond acceptors (Lipinski definition) is 5. The molecular formula is C21H17ClFN3O4. The molecule has 0 aliphatic carbocycles. The van der Waals surface area contributed by atoms with Gasteiger partial charge in [-0.05, 0) is 49.4 Å². The lowest BCUT2D eigenvalue weighted by Gasteiger charge is -2.19. The van der Waals surface area contributed by atoms with Crippen LogP contribution in [-0.2, 0) is 4.79 Å². The zero-order valence-corrected chi connectivity index (χ0v) is 16.6. The molecule has 1 aliphatic rings. The summed E-state index contributed by atoms with van der Waals surface area (Å²) in [5.41, 5.74) is 1.09. The topological polar surface area (TPSA) is 82.5 Å². The Morgan fingerprint density at radius 2 is 1.90 bits per heavy atom. The van der Waals surface area contributed by atoms with Gasteiger partial charge in [-0.25, -0.2) is 9.07 Å². The lowest BCUT2D eigenvalue weighted by atomic mass is 10.1. The second-order valence-corrected chi connectivity index (χ2v) is 7.06. The molecule has 0 radical (unpaired) electrons. The molecule has 1 aromatic heterocycles. The summed E-state index contributed by atoms with van der Waals surface area (Å²) in [5, 5.41) is 6.84. The number of nitrogens with zero attached hydrogens (tertiary/aromatic N) is 2. The van der Waals surface area contributed by atoms with Crippen molar-refractivity contribution in [2.45, 2.75) is 13.0 Å². The van der Waals surface area contributed by atoms with E-state index < -0.39 is 23.3 Å². The quantitative estimate of drug-likeness (QED) is 0.684. The molecule has 154 valence electrons. The molecule has 1 amide bonds. The van der Waals surface area contributed by atoms with E-state index in [-0.39, 0.29) is 5.02 Å². The van der Waals surface area contributed by atoms with E-state index in [0.717, 1.165) is 10.7 Å². The van der Waals surface area contributed by atoms with Crippen LogP contribution < -0.4 is 20.3 Å². The number of ether oxygens (including phenoxy) is 2. The van der Waals surface area contributed by atoms with E-state index in [1.807, 2.05) is 0 Å². The maximum absolute atomic E-state index is 13.3. The molecule has 0 unspecified atom stereocenters. The number of carbonyl (C=O) groups is 1. The standard InChI is InChI=1S/C21H17ClFN3O4/c1-12(21(28)24-14-3-4-16(23)15(22)11-14)26-20(27)7-5-17(25-26)13-2-6-18-19(10-13)30-9-8-29-18/h2-7,10-12H,8-9H2,1H3,(H,24,28)/t12-/m0/s1. The Kier molecular flexibility index (Phi) is 5.41. The summed E-state index contributed by atoms with van der Waals surface area (Å²) in [6.45, 7) is 2.48. The number of nitrogens with one attached hydrogen (secondary N) is 1. The van der Waals surface area contributed by atoms with Crippen LogP contribution in [0.5, 0.6) is 11.5 Å². The van der Waals surface area contributed by atoms with Crippen molar-refractivity contribution in [2.24, 2.45) is 0 Å². The molecule has 7 nitrogen and oxygen atoms in total. The van der Waals surface area contributed by atoms with Gasteiger partial charge in [0.25, 0.3) is 5.56 Å². The van der Waals surface area contributed by atoms with Crippen molar-refractivity contribution in [1.29, 1.82) is 0 Å². The fraction of sp³-hybridized carbons (Fsp3) is 0.190. The molecule has 4 rings (SSSR count). The molecule has 1 aliphatic heterocycles. The van der Waals surface area contributed by atoms with Crippen molar-refractivity contribution >= 4 is 23.2 Å². The number of benzene rings is 2. The van der Waals surface area contributed by atoms with E-state index in [1.165, 1.54) is 18.2 Å². The smallest absolute Gasteiger partial charge is 0.267 e. The fourth-order valence-electron chi connectivity index (χ4n) is 2.99. The minimum absolute atomic E-state index is 0.114. The summed E-state index contributed by atoms with van der Waals surface area (Å²) in [5.74, 6) is 0.153. The zero-order valence-electron chi connectivity index (χ0n) is 15.9. The highest BCUT2D eigenvalue weighted by Gasteiger charge is 2.19. The van der Waals surface area contributed by atoms with E-state index in [2.05, 4.69) is 10.4 Å². The second kappa shape index (κ2) is 8.16. The van der Waals surface area contributed by atoms with Gasteiger partial charge in [-0.1, -0.05) is 11.6 Å². The van der Waals surface area contributed by atoms with Crippen LogP contribution in [0.15, 0.2) is 53.3 Å². The van der Waals surface area contributed by atoms with E-state index in [4.69, 9.17) is 21.1 Å². The van der Waals surface area contributed by atoms with E-state index >= 15 is 0 Å². The summed E-state index contributed by atoms with van der Waals surface area (Å²) in [6, 6.07) is 11.2. The van der Waals surface area contributed by atoms with Crippen LogP contribution >= 0.6 is 11.6 Å². The average Bonchev–Trinajstić information content (AvgIpc) is 2.76. The Hall–Kier alpha value is -3.39. The van der Waals surface area contributed by atoms with Crippen molar-refractivity contribution < 1.29 is 18.7 Å². The normalized spacial score (nSPS) is 13.6. The molecule has 0 spiro atoms. The molecule has 9 heteroatoms. The minimum atomic E-state index is -0.918. The lowest BCUT2D eigenvalue weighted by Crippen LogP contribution is -2.33. The predicted octanol–water partition coefficient (Wildman–Crippen LogP) is 3.67. The maximum Gasteiger partial charge on any atom is 0.267 e. The van der Waals surface area contributed by atoms with Crippen LogP contribution in [0.4, 0.5) is 10.1 Å². The van der Waals surface area contributed by atoms with Gasteiger partial charge < -0.3 is 14.8 Å². The van der Waals surface area contributed by atoms with Crippen LogP contribution in [0.25, 0.3) is 11.3 Å². The third kappa shape index (κ3) is 3.99. The van der Waals surface area contributed by atoms with E-state index in [0.29, 0.717) is 41.7 Å². The van der Waals surface area contributed by atoms with Crippen molar-refractivity contribution in [2.75, 3.05) is 18.5 Å². The van der Waals surface area contributed by atoms with Gasteiger partial charge in [0.2, 0.25) is 5.91 Å². The van der Waals surface area contributed by atoms with E-state index in [9.17, 15) is 14.0 Å². The zero-order chi connectivity index (χ0) is 21.3. The number of amides is 1. The maximum atomic E-state index is 13.3. The van der Waals surface area contributed by atoms with Gasteiger partial charge in [0.05, 0.1) is 10.7 Å². The van der Waals surface area contributed by atoms with Gasteiger partial charge >= 0.3 is 0 Å². The van der Waals surface area contributed by atoms with Crippen molar-refractivity contribution in [3.63, 3.8) is 0 Å². The first-order valence-electron chi connectivity index (χ1n) is 9.18. The van der Waals surface area contributed by atoms with Gasteiger partial charge in [-0.3, -0.25) is 9.59 Å². The largest absolute Gasteiger partial charge is 0.486 e. The molecule has 2 aromatic carbocycles. The summed E-state index contributed by atoms with van der Waals surface area (Å²) in [4.78, 5) is 25.0. The molecule has 0 saturated heterocycles. The number of anilines is 1. The fourth-order valence-corrected chi connectivity index (χ4v) is 3.17. The molecule has 1 N–H and O–H groups in total. The van der Waals surface area contributed by atoms with Gasteiger partial charge in [0, 0.05) is 17.3 Å². The third-order valence-corrected chi connectivity index (χ3v) is 4.89. The molecule has 30 heavy (non-hydrogen) atoms. The first kappa shape index (κ1) is 19.9. The van der Waals surface area contributed by atoms with Crippen molar-refractivity contribution in [1.82, 2.24) is 9.78 Å². The van der Waals surface area contributed by atoms with Crippen molar-refractivity contribution in [3.8, 4) is 22.8 Å². The van der Waals surface area contributed by atoms with Crippen LogP contribution in [0.2, 0.25) is 5.02 Å². The number of hydrogen-bond donors (Lipinski definition) is 1. The van der Waals surface area contributed by atoms with Gasteiger partial charge in [-0.2, -0.15) is 5.10 Å². The number of halogens is 2. The average molecular weight is 430 g/mol. The van der Waals surface area contributed by atoms with Crippen LogP contribution in [0.3, 0.4) is 0 Å². The number of carbonyl (C=O) groups excluding carboxylic acids is 1. The highest BCUT2D eigenvalue weighted by molar-refractivity contribution is 6.31.